The number of nitrogens with one attached hydrogen (secondary N) is 2. The Morgan fingerprint density at radius 1 is 1.00 bits per heavy atom. The van der Waals surface area contributed by atoms with Gasteiger partial charge in [-0.25, -0.2) is 13.1 Å². The Morgan fingerprint density at radius 2 is 1.58 bits per heavy atom. The van der Waals surface area contributed by atoms with Gasteiger partial charge in [-0.1, -0.05) is 17.7 Å². The van der Waals surface area contributed by atoms with Crippen molar-refractivity contribution in [3.63, 3.8) is 0 Å². The molecule has 2 rings (SSSR count). The summed E-state index contributed by atoms with van der Waals surface area (Å²) in [5, 5.41) is 2.73. The van der Waals surface area contributed by atoms with E-state index in [-0.39, 0.29) is 17.4 Å². The van der Waals surface area contributed by atoms with Gasteiger partial charge in [-0.15, -0.1) is 0 Å². The predicted molar refractivity (Wildman–Crippen MR) is 102 cm³/mol. The molecule has 0 aliphatic heterocycles. The molecule has 0 fully saturated rings. The van der Waals surface area contributed by atoms with Crippen molar-refractivity contribution in [2.45, 2.75) is 38.1 Å². The topological polar surface area (TPSA) is 84.5 Å². The fraction of sp³-hybridized carbons (Fsp3) is 0.316. The van der Waals surface area contributed by atoms with Crippen LogP contribution in [0.4, 0.5) is 5.69 Å². The molecule has 0 aromatic heterocycles. The first kappa shape index (κ1) is 19.9. The summed E-state index contributed by atoms with van der Waals surface area (Å²) in [6, 6.07) is 13.4. The molecule has 0 saturated heterocycles. The molecule has 0 aliphatic carbocycles. The van der Waals surface area contributed by atoms with Crippen molar-refractivity contribution in [3.05, 3.63) is 54.1 Å². The largest absolute Gasteiger partial charge is 0.484 e. The van der Waals surface area contributed by atoms with Gasteiger partial charge in [-0.3, -0.25) is 4.79 Å². The summed E-state index contributed by atoms with van der Waals surface area (Å²) < 4.78 is 32.5. The summed E-state index contributed by atoms with van der Waals surface area (Å²) in [5.41, 5.74) is 1.23. The minimum absolute atomic E-state index is 0.142. The number of anilines is 1. The maximum atomic E-state index is 12.2. The Morgan fingerprint density at radius 3 is 2.12 bits per heavy atom. The van der Waals surface area contributed by atoms with Gasteiger partial charge in [0.25, 0.3) is 5.91 Å². The first-order chi connectivity index (χ1) is 12.0. The Bertz CT molecular complexity index is 852. The zero-order chi connectivity index (χ0) is 19.4. The summed E-state index contributed by atoms with van der Waals surface area (Å²) in [4.78, 5) is 12.1. The van der Waals surface area contributed by atoms with Crippen molar-refractivity contribution in [1.29, 1.82) is 0 Å². The monoisotopic (exact) mass is 376 g/mol. The Kier molecular flexibility index (Phi) is 6.05. The quantitative estimate of drug-likeness (QED) is 0.811. The van der Waals surface area contributed by atoms with Crippen LogP contribution in [0, 0.1) is 6.92 Å². The molecule has 26 heavy (non-hydrogen) atoms. The summed E-state index contributed by atoms with van der Waals surface area (Å²) >= 11 is 0. The van der Waals surface area contributed by atoms with E-state index < -0.39 is 15.6 Å². The maximum absolute atomic E-state index is 12.2. The SMILES string of the molecule is Cc1ccc(NC(=O)COc2ccc(S(=O)(=O)NC(C)(C)C)cc2)cc1. The number of amides is 1. The van der Waals surface area contributed by atoms with Crippen LogP contribution < -0.4 is 14.8 Å². The van der Waals surface area contributed by atoms with Gasteiger partial charge in [0.1, 0.15) is 5.75 Å². The highest BCUT2D eigenvalue weighted by atomic mass is 32.2. The highest BCUT2D eigenvalue weighted by molar-refractivity contribution is 7.89. The molecule has 7 heteroatoms. The van der Waals surface area contributed by atoms with Crippen molar-refractivity contribution in [1.82, 2.24) is 4.72 Å². The van der Waals surface area contributed by atoms with Crippen LogP contribution in [-0.2, 0) is 14.8 Å². The lowest BCUT2D eigenvalue weighted by Gasteiger charge is -2.20. The van der Waals surface area contributed by atoms with Gasteiger partial charge in [-0.2, -0.15) is 0 Å². The van der Waals surface area contributed by atoms with E-state index in [0.717, 1.165) is 5.56 Å². The van der Waals surface area contributed by atoms with E-state index in [0.29, 0.717) is 11.4 Å². The number of sulfonamides is 1. The molecule has 0 heterocycles. The smallest absolute Gasteiger partial charge is 0.262 e. The number of hydrogen-bond donors (Lipinski definition) is 2. The number of benzene rings is 2. The molecule has 0 atom stereocenters. The van der Waals surface area contributed by atoms with E-state index in [1.165, 1.54) is 24.3 Å². The van der Waals surface area contributed by atoms with Crippen LogP contribution in [0.5, 0.6) is 5.75 Å². The number of rotatable bonds is 6. The maximum Gasteiger partial charge on any atom is 0.262 e. The van der Waals surface area contributed by atoms with E-state index in [4.69, 9.17) is 4.74 Å². The fourth-order valence-corrected chi connectivity index (χ4v) is 3.58. The summed E-state index contributed by atoms with van der Waals surface area (Å²) in [7, 11) is -3.60. The molecular weight excluding hydrogens is 352 g/mol. The number of ether oxygens (including phenoxy) is 1. The van der Waals surface area contributed by atoms with Gasteiger partial charge < -0.3 is 10.1 Å². The molecule has 1 amide bonds. The second kappa shape index (κ2) is 7.88. The van der Waals surface area contributed by atoms with Gasteiger partial charge in [-0.05, 0) is 64.1 Å². The first-order valence-corrected chi connectivity index (χ1v) is 9.67. The predicted octanol–water partition coefficient (Wildman–Crippen LogP) is 3.09. The Balaban J connectivity index is 1.92. The van der Waals surface area contributed by atoms with Crippen LogP contribution in [0.3, 0.4) is 0 Å². The number of carbonyl (C=O) groups excluding carboxylic acids is 1. The molecule has 0 bridgehead atoms. The van der Waals surface area contributed by atoms with Crippen molar-refractivity contribution < 1.29 is 17.9 Å². The van der Waals surface area contributed by atoms with Crippen LogP contribution in [0.2, 0.25) is 0 Å². The van der Waals surface area contributed by atoms with Crippen molar-refractivity contribution >= 4 is 21.6 Å². The first-order valence-electron chi connectivity index (χ1n) is 8.18. The third-order valence-electron chi connectivity index (χ3n) is 3.28. The molecule has 140 valence electrons. The summed E-state index contributed by atoms with van der Waals surface area (Å²) in [6.45, 7) is 7.12. The highest BCUT2D eigenvalue weighted by Gasteiger charge is 2.21. The number of aryl methyl sites for hydroxylation is 1. The van der Waals surface area contributed by atoms with E-state index in [9.17, 15) is 13.2 Å². The van der Waals surface area contributed by atoms with Crippen LogP contribution in [0.1, 0.15) is 26.3 Å². The molecule has 0 saturated carbocycles. The standard InChI is InChI=1S/C19H24N2O4S/c1-14-5-7-15(8-6-14)20-18(22)13-25-16-9-11-17(12-10-16)26(23,24)21-19(2,3)4/h5-12,21H,13H2,1-4H3,(H,20,22). The zero-order valence-electron chi connectivity index (χ0n) is 15.4. The van der Waals surface area contributed by atoms with Gasteiger partial charge in [0.2, 0.25) is 10.0 Å². The molecule has 6 nitrogen and oxygen atoms in total. The molecular formula is C19H24N2O4S. The number of carbonyl (C=O) groups is 1. The lowest BCUT2D eigenvalue weighted by atomic mass is 10.1. The van der Waals surface area contributed by atoms with Crippen LogP contribution in [-0.4, -0.2) is 26.5 Å². The lowest BCUT2D eigenvalue weighted by Crippen LogP contribution is -2.40. The van der Waals surface area contributed by atoms with E-state index in [1.807, 2.05) is 31.2 Å². The van der Waals surface area contributed by atoms with Crippen LogP contribution >= 0.6 is 0 Å². The molecule has 2 aromatic carbocycles. The summed E-state index contributed by atoms with van der Waals surface area (Å²) in [5.74, 6) is 0.124. The van der Waals surface area contributed by atoms with Crippen molar-refractivity contribution in [3.8, 4) is 5.75 Å². The van der Waals surface area contributed by atoms with Crippen LogP contribution in [0.15, 0.2) is 53.4 Å². The van der Waals surface area contributed by atoms with Gasteiger partial charge in [0.15, 0.2) is 6.61 Å². The van der Waals surface area contributed by atoms with E-state index in [2.05, 4.69) is 10.0 Å². The average molecular weight is 376 g/mol. The summed E-state index contributed by atoms with van der Waals surface area (Å²) in [6.07, 6.45) is 0. The van der Waals surface area contributed by atoms with E-state index in [1.54, 1.807) is 20.8 Å². The number of hydrogen-bond acceptors (Lipinski definition) is 4. The van der Waals surface area contributed by atoms with Crippen molar-refractivity contribution in [2.24, 2.45) is 0 Å². The Hall–Kier alpha value is -2.38. The zero-order valence-corrected chi connectivity index (χ0v) is 16.2. The Labute approximate surface area is 154 Å². The van der Waals surface area contributed by atoms with Crippen LogP contribution in [0.25, 0.3) is 0 Å². The molecule has 0 radical (unpaired) electrons. The lowest BCUT2D eigenvalue weighted by molar-refractivity contribution is -0.118. The minimum Gasteiger partial charge on any atom is -0.484 e. The van der Waals surface area contributed by atoms with Gasteiger partial charge in [0.05, 0.1) is 4.90 Å². The average Bonchev–Trinajstić information content (AvgIpc) is 2.53. The molecule has 2 N–H and O–H groups in total. The fourth-order valence-electron chi connectivity index (χ4n) is 2.16. The highest BCUT2D eigenvalue weighted by Crippen LogP contribution is 2.18. The molecule has 0 spiro atoms. The van der Waals surface area contributed by atoms with Gasteiger partial charge >= 0.3 is 0 Å². The van der Waals surface area contributed by atoms with E-state index >= 15 is 0 Å². The second-order valence-electron chi connectivity index (χ2n) is 7.03. The minimum atomic E-state index is -3.60. The molecule has 0 unspecified atom stereocenters. The van der Waals surface area contributed by atoms with Crippen molar-refractivity contribution in [2.75, 3.05) is 11.9 Å². The third kappa shape index (κ3) is 6.16. The molecule has 2 aromatic rings. The second-order valence-corrected chi connectivity index (χ2v) is 8.71. The third-order valence-corrected chi connectivity index (χ3v) is 5.05. The normalized spacial score (nSPS) is 11.8. The molecule has 0 aliphatic rings. The van der Waals surface area contributed by atoms with Gasteiger partial charge in [0, 0.05) is 11.2 Å².